The molecule has 1 heterocycles. The Hall–Kier alpha value is -0.570. The topological polar surface area (TPSA) is 32.3 Å². The van der Waals surface area contributed by atoms with E-state index in [2.05, 4.69) is 5.32 Å². The maximum Gasteiger partial charge on any atom is 0.228 e. The van der Waals surface area contributed by atoms with E-state index >= 15 is 0 Å². The zero-order valence-corrected chi connectivity index (χ0v) is 9.05. The summed E-state index contributed by atoms with van der Waals surface area (Å²) in [5.41, 5.74) is -0.244. The van der Waals surface area contributed by atoms with Crippen molar-refractivity contribution >= 4 is 5.91 Å². The van der Waals surface area contributed by atoms with Gasteiger partial charge in [-0.25, -0.2) is 0 Å². The van der Waals surface area contributed by atoms with Gasteiger partial charge in [-0.05, 0) is 6.92 Å². The van der Waals surface area contributed by atoms with Crippen LogP contribution in [0.1, 0.15) is 27.7 Å². The number of hydrogen-bond donors (Lipinski definition) is 1. The smallest absolute Gasteiger partial charge is 0.228 e. The Kier molecular flexibility index (Phi) is 2.96. The number of carbonyl (C=O) groups is 1. The number of carbonyl (C=O) groups excluding carboxylic acids is 1. The fraction of sp³-hybridized carbons (Fsp3) is 0.900. The summed E-state index contributed by atoms with van der Waals surface area (Å²) in [5.74, 6) is 0.265. The molecule has 13 heavy (non-hydrogen) atoms. The Balaban J connectivity index is 2.60. The van der Waals surface area contributed by atoms with Crippen LogP contribution < -0.4 is 5.32 Å². The first-order chi connectivity index (χ1) is 5.96. The molecule has 1 saturated heterocycles. The largest absolute Gasteiger partial charge is 0.337 e. The highest BCUT2D eigenvalue weighted by Gasteiger charge is 2.33. The fourth-order valence-corrected chi connectivity index (χ4v) is 1.49. The summed E-state index contributed by atoms with van der Waals surface area (Å²) in [6, 6.07) is 0.428. The molecule has 0 aromatic heterocycles. The zero-order chi connectivity index (χ0) is 10.1. The maximum atomic E-state index is 11.9. The predicted octanol–water partition coefficient (Wildman–Crippen LogP) is 0.853. The Labute approximate surface area is 80.5 Å². The van der Waals surface area contributed by atoms with Gasteiger partial charge in [-0.15, -0.1) is 0 Å². The van der Waals surface area contributed by atoms with E-state index in [1.165, 1.54) is 0 Å². The molecule has 3 heteroatoms. The summed E-state index contributed by atoms with van der Waals surface area (Å²) in [4.78, 5) is 13.9. The molecule has 1 N–H and O–H groups in total. The molecular formula is C10H20N2O. The molecule has 1 amide bonds. The van der Waals surface area contributed by atoms with Gasteiger partial charge >= 0.3 is 0 Å². The van der Waals surface area contributed by atoms with Crippen LogP contribution in [0, 0.1) is 5.41 Å². The van der Waals surface area contributed by atoms with E-state index in [1.807, 2.05) is 32.6 Å². The van der Waals surface area contributed by atoms with Crippen molar-refractivity contribution in [2.24, 2.45) is 5.41 Å². The van der Waals surface area contributed by atoms with Crippen LogP contribution in [-0.4, -0.2) is 36.5 Å². The van der Waals surface area contributed by atoms with Crippen LogP contribution in [0.5, 0.6) is 0 Å². The number of hydrogen-bond acceptors (Lipinski definition) is 2. The van der Waals surface area contributed by atoms with Crippen molar-refractivity contribution in [3.8, 4) is 0 Å². The summed E-state index contributed by atoms with van der Waals surface area (Å²) in [7, 11) is 0. The average Bonchev–Trinajstić information content (AvgIpc) is 1.93. The second kappa shape index (κ2) is 3.66. The highest BCUT2D eigenvalue weighted by atomic mass is 16.2. The van der Waals surface area contributed by atoms with Crippen LogP contribution in [0.2, 0.25) is 0 Å². The molecular weight excluding hydrogens is 164 g/mol. The van der Waals surface area contributed by atoms with Crippen LogP contribution in [0.15, 0.2) is 0 Å². The van der Waals surface area contributed by atoms with Gasteiger partial charge < -0.3 is 10.2 Å². The third-order valence-electron chi connectivity index (χ3n) is 2.44. The van der Waals surface area contributed by atoms with Crippen LogP contribution in [0.4, 0.5) is 0 Å². The normalized spacial score (nSPS) is 18.2. The molecule has 0 saturated carbocycles. The third kappa shape index (κ3) is 2.21. The van der Waals surface area contributed by atoms with Crippen LogP contribution in [-0.2, 0) is 4.79 Å². The van der Waals surface area contributed by atoms with Crippen molar-refractivity contribution in [2.75, 3.05) is 19.6 Å². The van der Waals surface area contributed by atoms with Gasteiger partial charge in [0.1, 0.15) is 0 Å². The van der Waals surface area contributed by atoms with Gasteiger partial charge in [0.05, 0.1) is 6.04 Å². The lowest BCUT2D eigenvalue weighted by molar-refractivity contribution is -0.142. The van der Waals surface area contributed by atoms with Gasteiger partial charge in [-0.2, -0.15) is 0 Å². The van der Waals surface area contributed by atoms with E-state index in [1.54, 1.807) is 0 Å². The first kappa shape index (κ1) is 10.5. The number of amides is 1. The van der Waals surface area contributed by atoms with Gasteiger partial charge in [-0.3, -0.25) is 4.79 Å². The van der Waals surface area contributed by atoms with Crippen LogP contribution in [0.25, 0.3) is 0 Å². The highest BCUT2D eigenvalue weighted by Crippen LogP contribution is 2.19. The van der Waals surface area contributed by atoms with Gasteiger partial charge in [0.2, 0.25) is 5.91 Å². The summed E-state index contributed by atoms with van der Waals surface area (Å²) in [6.45, 7) is 10.7. The first-order valence-electron chi connectivity index (χ1n) is 4.98. The second-order valence-electron chi connectivity index (χ2n) is 4.65. The average molecular weight is 184 g/mol. The lowest BCUT2D eigenvalue weighted by Crippen LogP contribution is -2.60. The van der Waals surface area contributed by atoms with Crippen molar-refractivity contribution in [1.82, 2.24) is 10.2 Å². The molecule has 0 atom stereocenters. The number of nitrogens with zero attached hydrogens (tertiary/aromatic N) is 1. The molecule has 1 aliphatic rings. The molecule has 0 aromatic carbocycles. The lowest BCUT2D eigenvalue weighted by Gasteiger charge is -2.40. The molecule has 3 nitrogen and oxygen atoms in total. The minimum absolute atomic E-state index is 0.244. The van der Waals surface area contributed by atoms with Gasteiger partial charge in [0.15, 0.2) is 0 Å². The highest BCUT2D eigenvalue weighted by molar-refractivity contribution is 5.82. The molecule has 0 aromatic rings. The van der Waals surface area contributed by atoms with Crippen LogP contribution >= 0.6 is 0 Å². The lowest BCUT2D eigenvalue weighted by atomic mass is 9.93. The van der Waals surface area contributed by atoms with E-state index in [0.717, 1.165) is 19.6 Å². The Morgan fingerprint density at radius 3 is 2.23 bits per heavy atom. The van der Waals surface area contributed by atoms with E-state index < -0.39 is 0 Å². The molecule has 0 radical (unpaired) electrons. The quantitative estimate of drug-likeness (QED) is 0.690. The summed E-state index contributed by atoms with van der Waals surface area (Å²) >= 11 is 0. The Morgan fingerprint density at radius 1 is 1.46 bits per heavy atom. The molecule has 1 aliphatic heterocycles. The van der Waals surface area contributed by atoms with Gasteiger partial charge in [0.25, 0.3) is 0 Å². The van der Waals surface area contributed by atoms with Gasteiger partial charge in [0, 0.05) is 25.0 Å². The fourth-order valence-electron chi connectivity index (χ4n) is 1.49. The maximum absolute atomic E-state index is 11.9. The summed E-state index contributed by atoms with van der Waals surface area (Å²) in [5, 5.41) is 3.19. The number of nitrogens with one attached hydrogen (secondary N) is 1. The molecule has 1 fully saturated rings. The number of rotatable bonds is 2. The molecule has 0 bridgehead atoms. The standard InChI is InChI=1S/C10H20N2O/c1-5-12(8-6-11-7-8)9(13)10(2,3)4/h8,11H,5-7H2,1-4H3. The molecule has 0 spiro atoms. The van der Waals surface area contributed by atoms with Crippen LogP contribution in [0.3, 0.4) is 0 Å². The Bertz CT molecular complexity index is 192. The van der Waals surface area contributed by atoms with Crippen molar-refractivity contribution < 1.29 is 4.79 Å². The molecule has 76 valence electrons. The summed E-state index contributed by atoms with van der Waals surface area (Å²) in [6.07, 6.45) is 0. The van der Waals surface area contributed by atoms with Gasteiger partial charge in [-0.1, -0.05) is 20.8 Å². The molecule has 0 aliphatic carbocycles. The van der Waals surface area contributed by atoms with Crippen molar-refractivity contribution in [3.63, 3.8) is 0 Å². The van der Waals surface area contributed by atoms with E-state index in [-0.39, 0.29) is 11.3 Å². The zero-order valence-electron chi connectivity index (χ0n) is 9.05. The van der Waals surface area contributed by atoms with Crippen molar-refractivity contribution in [1.29, 1.82) is 0 Å². The second-order valence-corrected chi connectivity index (χ2v) is 4.65. The number of likely N-dealkylation sites (N-methyl/N-ethyl adjacent to an activating group) is 1. The SMILES string of the molecule is CCN(C(=O)C(C)(C)C)C1CNC1. The van der Waals surface area contributed by atoms with E-state index in [4.69, 9.17) is 0 Å². The minimum atomic E-state index is -0.244. The summed E-state index contributed by atoms with van der Waals surface area (Å²) < 4.78 is 0. The van der Waals surface area contributed by atoms with E-state index in [9.17, 15) is 4.79 Å². The first-order valence-corrected chi connectivity index (χ1v) is 4.98. The third-order valence-corrected chi connectivity index (χ3v) is 2.44. The molecule has 0 unspecified atom stereocenters. The Morgan fingerprint density at radius 2 is 2.00 bits per heavy atom. The predicted molar refractivity (Wildman–Crippen MR) is 53.5 cm³/mol. The monoisotopic (exact) mass is 184 g/mol. The molecule has 1 rings (SSSR count). The minimum Gasteiger partial charge on any atom is -0.337 e. The van der Waals surface area contributed by atoms with Crippen molar-refractivity contribution in [3.05, 3.63) is 0 Å². The van der Waals surface area contributed by atoms with Crippen molar-refractivity contribution in [2.45, 2.75) is 33.7 Å². The van der Waals surface area contributed by atoms with E-state index in [0.29, 0.717) is 6.04 Å².